The van der Waals surface area contributed by atoms with E-state index in [9.17, 15) is 0 Å². The summed E-state index contributed by atoms with van der Waals surface area (Å²) in [6.07, 6.45) is 10.0. The Morgan fingerprint density at radius 3 is 0.727 bits per heavy atom. The number of halogens is 2. The van der Waals surface area contributed by atoms with Crippen LogP contribution in [0.1, 0.15) is 25.7 Å². The first-order valence-electron chi connectivity index (χ1n) is 2.63. The molecule has 0 saturated heterocycles. The van der Waals surface area contributed by atoms with Gasteiger partial charge in [0.25, 0.3) is 0 Å². The van der Waals surface area contributed by atoms with Crippen molar-refractivity contribution in [3.63, 3.8) is 0 Å². The molecule has 60 valence electrons. The molecular weight excluding hydrogens is 296 g/mol. The summed E-state index contributed by atoms with van der Waals surface area (Å²) in [6, 6.07) is 0. The molecule has 0 aromatic carbocycles. The van der Waals surface area contributed by atoms with Crippen molar-refractivity contribution in [3.05, 3.63) is 12.8 Å². The van der Waals surface area contributed by atoms with E-state index in [1.54, 1.807) is 0 Å². The van der Waals surface area contributed by atoms with Crippen molar-refractivity contribution in [3.8, 4) is 0 Å². The zero-order chi connectivity index (χ0) is 4.24. The second-order valence-electron chi connectivity index (χ2n) is 1.73. The predicted octanol–water partition coefficient (Wildman–Crippen LogP) is -5.61. The molecule has 0 aliphatic heterocycles. The van der Waals surface area contributed by atoms with Gasteiger partial charge in [0.05, 0.1) is 0 Å². The fraction of sp³-hybridized carbons (Fsp3) is 0.667. The van der Waals surface area contributed by atoms with E-state index in [4.69, 9.17) is 0 Å². The fourth-order valence-electron chi connectivity index (χ4n) is 0. The minimum absolute atomic E-state index is 0. The first-order valence-corrected chi connectivity index (χ1v) is 2.63. The zero-order valence-electron chi connectivity index (χ0n) is 6.65. The van der Waals surface area contributed by atoms with Gasteiger partial charge in [0, 0.05) is 0 Å². The first-order chi connectivity index (χ1) is 3.00. The van der Waals surface area contributed by atoms with E-state index in [0.717, 1.165) is 0 Å². The fourth-order valence-corrected chi connectivity index (χ4v) is 0. The molecule has 0 aromatic rings. The number of hydrogen-bond donors (Lipinski definition) is 0. The third-order valence-electron chi connectivity index (χ3n) is 0.577. The van der Waals surface area contributed by atoms with Gasteiger partial charge in [-0.05, 0) is 0 Å². The van der Waals surface area contributed by atoms with Gasteiger partial charge in [-0.25, -0.2) is 25.7 Å². The standard InChI is InChI=1S/2C3H5.2BrH.2Mg.H2O/c2*1-2-3-1;;;;;/h2*1H,2-3H2;2*1H;;;1H2/q2*-1;;;2*+2;/p-2. The quantitative estimate of drug-likeness (QED) is 0.316. The Labute approximate surface area is 123 Å². The van der Waals surface area contributed by atoms with Crippen LogP contribution < -0.4 is 34.0 Å². The van der Waals surface area contributed by atoms with Crippen molar-refractivity contribution in [2.75, 3.05) is 0 Å². The third kappa shape index (κ3) is 68.6. The molecule has 1 nitrogen and oxygen atoms in total. The summed E-state index contributed by atoms with van der Waals surface area (Å²) in [5.74, 6) is 0. The van der Waals surface area contributed by atoms with Gasteiger partial charge in [0.1, 0.15) is 0 Å². The maximum absolute atomic E-state index is 2.25. The summed E-state index contributed by atoms with van der Waals surface area (Å²) in [5.41, 5.74) is 0. The van der Waals surface area contributed by atoms with E-state index in [1.165, 1.54) is 25.7 Å². The molecule has 2 aliphatic carbocycles. The largest absolute Gasteiger partial charge is 2.00 e. The normalized spacial score (nSPS) is 13.1. The maximum Gasteiger partial charge on any atom is 2.00 e. The van der Waals surface area contributed by atoms with Crippen molar-refractivity contribution in [1.82, 2.24) is 0 Å². The molecule has 0 heterocycles. The van der Waals surface area contributed by atoms with Crippen molar-refractivity contribution in [2.45, 2.75) is 25.7 Å². The van der Waals surface area contributed by atoms with Crippen molar-refractivity contribution < 1.29 is 39.4 Å². The molecule has 2 aliphatic rings. The zero-order valence-corrected chi connectivity index (χ0v) is 12.7. The van der Waals surface area contributed by atoms with Crippen LogP contribution in [0.5, 0.6) is 0 Å². The van der Waals surface area contributed by atoms with Crippen LogP contribution >= 0.6 is 0 Å². The second-order valence-corrected chi connectivity index (χ2v) is 1.73. The van der Waals surface area contributed by atoms with Gasteiger partial charge >= 0.3 is 46.1 Å². The van der Waals surface area contributed by atoms with Gasteiger partial charge < -0.3 is 52.3 Å². The number of rotatable bonds is 0. The average molecular weight is 309 g/mol. The maximum atomic E-state index is 2.25. The third-order valence-corrected chi connectivity index (χ3v) is 0.577. The van der Waals surface area contributed by atoms with Crippen LogP contribution in [0.4, 0.5) is 0 Å². The first kappa shape index (κ1) is 29.2. The van der Waals surface area contributed by atoms with E-state index < -0.39 is 0 Å². The molecule has 0 spiro atoms. The van der Waals surface area contributed by atoms with Crippen LogP contribution in [0, 0.1) is 12.8 Å². The van der Waals surface area contributed by atoms with Crippen LogP contribution in [0.15, 0.2) is 0 Å². The monoisotopic (exact) mass is 306 g/mol. The summed E-state index contributed by atoms with van der Waals surface area (Å²) in [6.45, 7) is 0. The van der Waals surface area contributed by atoms with E-state index in [0.29, 0.717) is 0 Å². The Morgan fingerprint density at radius 1 is 0.636 bits per heavy atom. The van der Waals surface area contributed by atoms with Gasteiger partial charge in [0.2, 0.25) is 0 Å². The molecule has 0 aromatic heterocycles. The van der Waals surface area contributed by atoms with Crippen LogP contribution in [0.3, 0.4) is 0 Å². The van der Waals surface area contributed by atoms with Gasteiger partial charge in [-0.15, -0.1) is 0 Å². The average Bonchev–Trinajstić information content (AvgIpc) is 2.31. The van der Waals surface area contributed by atoms with Gasteiger partial charge in [0.15, 0.2) is 0 Å². The molecule has 0 unspecified atom stereocenters. The van der Waals surface area contributed by atoms with Crippen LogP contribution in [0.25, 0.3) is 0 Å². The minimum Gasteiger partial charge on any atom is -1.00 e. The molecule has 0 amide bonds. The Balaban J connectivity index is -0.0000000150. The van der Waals surface area contributed by atoms with Crippen molar-refractivity contribution in [2.24, 2.45) is 0 Å². The molecule has 2 saturated carbocycles. The summed E-state index contributed by atoms with van der Waals surface area (Å²) in [5, 5.41) is 0. The summed E-state index contributed by atoms with van der Waals surface area (Å²) in [7, 11) is 0. The molecule has 2 rings (SSSR count). The van der Waals surface area contributed by atoms with E-state index >= 15 is 0 Å². The topological polar surface area (TPSA) is 31.5 Å². The number of hydrogen-bond acceptors (Lipinski definition) is 0. The summed E-state index contributed by atoms with van der Waals surface area (Å²) < 4.78 is 0. The molecule has 0 atom stereocenters. The van der Waals surface area contributed by atoms with Crippen molar-refractivity contribution >= 4 is 46.1 Å². The van der Waals surface area contributed by atoms with E-state index in [-0.39, 0.29) is 85.5 Å². The molecule has 11 heavy (non-hydrogen) atoms. The van der Waals surface area contributed by atoms with Crippen LogP contribution in [-0.2, 0) is 0 Å². The van der Waals surface area contributed by atoms with Gasteiger partial charge in [-0.1, -0.05) is 0 Å². The van der Waals surface area contributed by atoms with Gasteiger partial charge in [-0.2, -0.15) is 0 Å². The molecule has 2 N–H and O–H groups in total. The van der Waals surface area contributed by atoms with Crippen LogP contribution in [-0.4, -0.2) is 51.6 Å². The van der Waals surface area contributed by atoms with Crippen LogP contribution in [0.2, 0.25) is 0 Å². The Bertz CT molecular complexity index is 34.1. The summed E-state index contributed by atoms with van der Waals surface area (Å²) >= 11 is 0. The molecule has 5 heteroatoms. The minimum atomic E-state index is 0. The van der Waals surface area contributed by atoms with E-state index in [2.05, 4.69) is 12.8 Å². The Morgan fingerprint density at radius 2 is 0.727 bits per heavy atom. The summed E-state index contributed by atoms with van der Waals surface area (Å²) in [4.78, 5) is 0. The Hall–Kier alpha value is 2.45. The second kappa shape index (κ2) is 22.9. The molecule has 2 fully saturated rings. The SMILES string of the molecule is O.[Br-].[Br-].[CH-]1CC1.[CH-]1CC1.[Mg+2].[Mg+2]. The van der Waals surface area contributed by atoms with Gasteiger partial charge in [-0.3, -0.25) is 0 Å². The van der Waals surface area contributed by atoms with E-state index in [1.807, 2.05) is 0 Å². The molecular formula is C6H12Br2Mg2O. The van der Waals surface area contributed by atoms with Crippen molar-refractivity contribution in [1.29, 1.82) is 0 Å². The molecule has 0 bridgehead atoms. The smallest absolute Gasteiger partial charge is 1.00 e. The predicted molar refractivity (Wildman–Crippen MR) is 42.2 cm³/mol. The Kier molecular flexibility index (Phi) is 60.7. The molecule has 0 radical (unpaired) electrons.